The minimum atomic E-state index is -0.0608. The molecule has 0 radical (unpaired) electrons. The Morgan fingerprint density at radius 2 is 2.07 bits per heavy atom. The predicted molar refractivity (Wildman–Crippen MR) is 106 cm³/mol. The number of benzene rings is 1. The van der Waals surface area contributed by atoms with Gasteiger partial charge in [-0.15, -0.1) is 0 Å². The lowest BCUT2D eigenvalue weighted by atomic mass is 9.85. The van der Waals surface area contributed by atoms with E-state index in [1.54, 1.807) is 13.2 Å². The second-order valence-electron chi connectivity index (χ2n) is 7.12. The van der Waals surface area contributed by atoms with Crippen LogP contribution in [0.1, 0.15) is 30.3 Å². The Labute approximate surface area is 164 Å². The number of H-pyrrole nitrogens is 1. The maximum Gasteiger partial charge on any atom is 0.270 e. The standard InChI is InChI=1S/C20H26ClN3O3/c1-13(19(25)22-7-10-27-2)14-5-8-24(9-6-14)20(26)18-12-15-11-16(21)3-4-17(15)23-18/h3-4,11-14,23H,5-10H2,1-2H3,(H,22,25)/t13-/m0/s1. The highest BCUT2D eigenvalue weighted by Gasteiger charge is 2.30. The summed E-state index contributed by atoms with van der Waals surface area (Å²) in [4.78, 5) is 30.1. The number of fused-ring (bicyclic) bond motifs is 1. The number of carbonyl (C=O) groups excluding carboxylic acids is 2. The third-order valence-corrected chi connectivity index (χ3v) is 5.60. The molecule has 1 aromatic carbocycles. The molecule has 0 saturated carbocycles. The van der Waals surface area contributed by atoms with E-state index in [4.69, 9.17) is 16.3 Å². The van der Waals surface area contributed by atoms with Crippen LogP contribution in [0.3, 0.4) is 0 Å². The molecule has 6 nitrogen and oxygen atoms in total. The van der Waals surface area contributed by atoms with Crippen molar-refractivity contribution >= 4 is 34.3 Å². The SMILES string of the molecule is COCCNC(=O)[C@@H](C)C1CCN(C(=O)c2cc3cc(Cl)ccc3[nH]2)CC1. The average Bonchev–Trinajstić information content (AvgIpc) is 3.10. The summed E-state index contributed by atoms with van der Waals surface area (Å²) < 4.78 is 4.96. The Kier molecular flexibility index (Phi) is 6.39. The predicted octanol–water partition coefficient (Wildman–Crippen LogP) is 3.07. The lowest BCUT2D eigenvalue weighted by Gasteiger charge is -2.34. The molecule has 1 atom stereocenters. The van der Waals surface area contributed by atoms with Crippen molar-refractivity contribution in [2.24, 2.45) is 11.8 Å². The van der Waals surface area contributed by atoms with Gasteiger partial charge in [0.15, 0.2) is 0 Å². The highest BCUT2D eigenvalue weighted by atomic mass is 35.5. The van der Waals surface area contributed by atoms with Gasteiger partial charge in [-0.1, -0.05) is 18.5 Å². The van der Waals surface area contributed by atoms with Crippen LogP contribution in [0.15, 0.2) is 24.3 Å². The molecule has 1 saturated heterocycles. The van der Waals surface area contributed by atoms with Crippen molar-refractivity contribution in [1.82, 2.24) is 15.2 Å². The molecule has 2 aromatic rings. The number of piperidine rings is 1. The fourth-order valence-electron chi connectivity index (χ4n) is 3.64. The second-order valence-corrected chi connectivity index (χ2v) is 7.55. The number of aromatic amines is 1. The first kappa shape index (κ1) is 19.7. The van der Waals surface area contributed by atoms with Gasteiger partial charge in [-0.3, -0.25) is 9.59 Å². The van der Waals surface area contributed by atoms with Gasteiger partial charge in [0.25, 0.3) is 5.91 Å². The largest absolute Gasteiger partial charge is 0.383 e. The lowest BCUT2D eigenvalue weighted by molar-refractivity contribution is -0.126. The summed E-state index contributed by atoms with van der Waals surface area (Å²) in [7, 11) is 1.62. The van der Waals surface area contributed by atoms with Gasteiger partial charge >= 0.3 is 0 Å². The van der Waals surface area contributed by atoms with Crippen LogP contribution in [0.2, 0.25) is 5.02 Å². The minimum Gasteiger partial charge on any atom is -0.383 e. The number of methoxy groups -OCH3 is 1. The Bertz CT molecular complexity index is 812. The van der Waals surface area contributed by atoms with Crippen molar-refractivity contribution in [2.75, 3.05) is 33.4 Å². The molecule has 1 aliphatic heterocycles. The van der Waals surface area contributed by atoms with Crippen molar-refractivity contribution in [3.8, 4) is 0 Å². The minimum absolute atomic E-state index is 0.00188. The maximum atomic E-state index is 12.8. The molecule has 0 aliphatic carbocycles. The van der Waals surface area contributed by atoms with Gasteiger partial charge in [0.2, 0.25) is 5.91 Å². The first-order valence-corrected chi connectivity index (χ1v) is 9.71. The number of carbonyl (C=O) groups is 2. The molecule has 2 N–H and O–H groups in total. The van der Waals surface area contributed by atoms with Crippen molar-refractivity contribution < 1.29 is 14.3 Å². The topological polar surface area (TPSA) is 74.4 Å². The molecule has 0 unspecified atom stereocenters. The Morgan fingerprint density at radius 3 is 2.78 bits per heavy atom. The van der Waals surface area contributed by atoms with Crippen LogP contribution in [0.5, 0.6) is 0 Å². The van der Waals surface area contributed by atoms with E-state index in [1.807, 2.05) is 30.0 Å². The van der Waals surface area contributed by atoms with Gasteiger partial charge in [0, 0.05) is 48.6 Å². The first-order valence-electron chi connectivity index (χ1n) is 9.34. The molecule has 3 rings (SSSR count). The van der Waals surface area contributed by atoms with Crippen LogP contribution in [-0.4, -0.2) is 55.0 Å². The highest BCUT2D eigenvalue weighted by molar-refractivity contribution is 6.31. The molecule has 1 aromatic heterocycles. The fraction of sp³-hybridized carbons (Fsp3) is 0.500. The van der Waals surface area contributed by atoms with E-state index < -0.39 is 0 Å². The fourth-order valence-corrected chi connectivity index (χ4v) is 3.82. The average molecular weight is 392 g/mol. The van der Waals surface area contributed by atoms with Gasteiger partial charge < -0.3 is 19.9 Å². The zero-order chi connectivity index (χ0) is 19.4. The number of rotatable bonds is 6. The summed E-state index contributed by atoms with van der Waals surface area (Å²) in [5, 5.41) is 4.48. The van der Waals surface area contributed by atoms with Gasteiger partial charge in [-0.25, -0.2) is 0 Å². The number of likely N-dealkylation sites (tertiary alicyclic amines) is 1. The molecule has 0 spiro atoms. The second kappa shape index (κ2) is 8.76. The molecular formula is C20H26ClN3O3. The Hall–Kier alpha value is -2.05. The van der Waals surface area contributed by atoms with Gasteiger partial charge in [-0.2, -0.15) is 0 Å². The van der Waals surface area contributed by atoms with Gasteiger partial charge in [-0.05, 0) is 43.0 Å². The summed E-state index contributed by atoms with van der Waals surface area (Å²) in [6, 6.07) is 7.38. The Morgan fingerprint density at radius 1 is 1.33 bits per heavy atom. The van der Waals surface area contributed by atoms with Crippen molar-refractivity contribution in [3.05, 3.63) is 35.0 Å². The monoisotopic (exact) mass is 391 g/mol. The zero-order valence-electron chi connectivity index (χ0n) is 15.8. The quantitative estimate of drug-likeness (QED) is 0.743. The third-order valence-electron chi connectivity index (χ3n) is 5.37. The summed E-state index contributed by atoms with van der Waals surface area (Å²) >= 11 is 6.02. The van der Waals surface area contributed by atoms with Crippen molar-refractivity contribution in [2.45, 2.75) is 19.8 Å². The van der Waals surface area contributed by atoms with E-state index in [2.05, 4.69) is 10.3 Å². The molecule has 7 heteroatoms. The summed E-state index contributed by atoms with van der Waals surface area (Å²) in [6.07, 6.45) is 1.66. The summed E-state index contributed by atoms with van der Waals surface area (Å²) in [5.74, 6) is 0.287. The number of halogens is 1. The van der Waals surface area contributed by atoms with Crippen LogP contribution < -0.4 is 5.32 Å². The zero-order valence-corrected chi connectivity index (χ0v) is 16.5. The lowest BCUT2D eigenvalue weighted by Crippen LogP contribution is -2.43. The highest BCUT2D eigenvalue weighted by Crippen LogP contribution is 2.27. The van der Waals surface area contributed by atoms with Gasteiger partial charge in [0.05, 0.1) is 6.61 Å². The number of nitrogens with one attached hydrogen (secondary N) is 2. The molecular weight excluding hydrogens is 366 g/mol. The number of hydrogen-bond donors (Lipinski definition) is 2. The molecule has 27 heavy (non-hydrogen) atoms. The molecule has 2 amide bonds. The van der Waals surface area contributed by atoms with Crippen LogP contribution in [-0.2, 0) is 9.53 Å². The Balaban J connectivity index is 1.56. The van der Waals surface area contributed by atoms with Gasteiger partial charge in [0.1, 0.15) is 5.69 Å². The van der Waals surface area contributed by atoms with Crippen LogP contribution in [0.25, 0.3) is 10.9 Å². The number of amides is 2. The summed E-state index contributed by atoms with van der Waals surface area (Å²) in [6.45, 7) is 4.33. The smallest absolute Gasteiger partial charge is 0.270 e. The van der Waals surface area contributed by atoms with E-state index in [0.717, 1.165) is 23.7 Å². The molecule has 146 valence electrons. The van der Waals surface area contributed by atoms with Crippen molar-refractivity contribution in [3.63, 3.8) is 0 Å². The van der Waals surface area contributed by atoms with E-state index in [-0.39, 0.29) is 23.7 Å². The van der Waals surface area contributed by atoms with E-state index >= 15 is 0 Å². The van der Waals surface area contributed by atoms with Crippen LogP contribution in [0, 0.1) is 11.8 Å². The van der Waals surface area contributed by atoms with Crippen molar-refractivity contribution in [1.29, 1.82) is 0 Å². The number of hydrogen-bond acceptors (Lipinski definition) is 3. The van der Waals surface area contributed by atoms with E-state index in [1.165, 1.54) is 0 Å². The normalized spacial score (nSPS) is 16.5. The van der Waals surface area contributed by atoms with E-state index in [0.29, 0.717) is 37.0 Å². The van der Waals surface area contributed by atoms with Crippen LogP contribution in [0.4, 0.5) is 0 Å². The number of nitrogens with zero attached hydrogens (tertiary/aromatic N) is 1. The molecule has 1 fully saturated rings. The maximum absolute atomic E-state index is 12.8. The van der Waals surface area contributed by atoms with E-state index in [9.17, 15) is 9.59 Å². The molecule has 2 heterocycles. The molecule has 0 bridgehead atoms. The third kappa shape index (κ3) is 4.62. The summed E-state index contributed by atoms with van der Waals surface area (Å²) in [5.41, 5.74) is 1.48. The number of ether oxygens (including phenoxy) is 1. The molecule has 1 aliphatic rings. The van der Waals surface area contributed by atoms with Crippen LogP contribution >= 0.6 is 11.6 Å². The number of aromatic nitrogens is 1. The first-order chi connectivity index (χ1) is 13.0.